The molecule has 11 heavy (non-hydrogen) atoms. The molecule has 0 bridgehead atoms. The third kappa shape index (κ3) is 2.37. The molecule has 0 unspecified atom stereocenters. The third-order valence-electron chi connectivity index (χ3n) is 1.90. The Kier molecular flexibility index (Phi) is 3.14. The topological polar surface area (TPSA) is 26.0 Å². The van der Waals surface area contributed by atoms with Crippen LogP contribution >= 0.6 is 0 Å². The molecule has 62 valence electrons. The molecule has 0 amide bonds. The van der Waals surface area contributed by atoms with Gasteiger partial charge in [0.25, 0.3) is 0 Å². The lowest BCUT2D eigenvalue weighted by molar-refractivity contribution is 0.414. The van der Waals surface area contributed by atoms with E-state index in [4.69, 9.17) is 4.52 Å². The van der Waals surface area contributed by atoms with Crippen molar-refractivity contribution in [3.05, 3.63) is 17.5 Å². The van der Waals surface area contributed by atoms with E-state index in [1.807, 2.05) is 6.92 Å². The Labute approximate surface area is 67.6 Å². The van der Waals surface area contributed by atoms with Crippen LogP contribution in [0.4, 0.5) is 0 Å². The maximum atomic E-state index is 4.83. The van der Waals surface area contributed by atoms with Gasteiger partial charge in [0.05, 0.1) is 5.69 Å². The molecule has 0 atom stereocenters. The number of rotatable bonds is 4. The summed E-state index contributed by atoms with van der Waals surface area (Å²) in [6, 6.07) is 0. The van der Waals surface area contributed by atoms with Crippen molar-refractivity contribution in [2.24, 2.45) is 0 Å². The zero-order valence-corrected chi connectivity index (χ0v) is 7.26. The van der Waals surface area contributed by atoms with Gasteiger partial charge in [-0.3, -0.25) is 0 Å². The molecule has 1 aromatic rings. The zero-order valence-electron chi connectivity index (χ0n) is 7.26. The van der Waals surface area contributed by atoms with E-state index in [1.165, 1.54) is 24.8 Å². The lowest BCUT2D eigenvalue weighted by Gasteiger charge is -1.94. The van der Waals surface area contributed by atoms with Crippen LogP contribution < -0.4 is 0 Å². The van der Waals surface area contributed by atoms with Crippen molar-refractivity contribution in [1.82, 2.24) is 5.16 Å². The van der Waals surface area contributed by atoms with Crippen LogP contribution in [-0.4, -0.2) is 5.16 Å². The summed E-state index contributed by atoms with van der Waals surface area (Å²) in [5, 5.41) is 3.82. The number of aryl methyl sites for hydroxylation is 2. The molecule has 1 heterocycles. The average Bonchev–Trinajstić information content (AvgIpc) is 2.37. The molecule has 1 aromatic heterocycles. The van der Waals surface area contributed by atoms with Gasteiger partial charge in [0.1, 0.15) is 6.26 Å². The van der Waals surface area contributed by atoms with E-state index < -0.39 is 0 Å². The second-order valence-electron chi connectivity index (χ2n) is 2.88. The lowest BCUT2D eigenvalue weighted by Crippen LogP contribution is -1.85. The van der Waals surface area contributed by atoms with Gasteiger partial charge >= 0.3 is 0 Å². The summed E-state index contributed by atoms with van der Waals surface area (Å²) in [5.74, 6) is 0. The quantitative estimate of drug-likeness (QED) is 0.621. The van der Waals surface area contributed by atoms with Crippen LogP contribution in [0.5, 0.6) is 0 Å². The van der Waals surface area contributed by atoms with Gasteiger partial charge < -0.3 is 4.52 Å². The molecule has 2 nitrogen and oxygen atoms in total. The van der Waals surface area contributed by atoms with Crippen LogP contribution in [0.15, 0.2) is 10.8 Å². The summed E-state index contributed by atoms with van der Waals surface area (Å²) < 4.78 is 4.83. The lowest BCUT2D eigenvalue weighted by atomic mass is 10.1. The SMILES string of the molecule is CCCCCc1conc1C. The van der Waals surface area contributed by atoms with Crippen LogP contribution in [0, 0.1) is 6.92 Å². The normalized spacial score (nSPS) is 10.4. The Bertz CT molecular complexity index is 205. The van der Waals surface area contributed by atoms with E-state index in [9.17, 15) is 0 Å². The Morgan fingerprint density at radius 3 is 2.82 bits per heavy atom. The minimum Gasteiger partial charge on any atom is -0.364 e. The fraction of sp³-hybridized carbons (Fsp3) is 0.667. The standard InChI is InChI=1S/C9H15NO/c1-3-4-5-6-9-7-11-10-8(9)2/h7H,3-6H2,1-2H3. The monoisotopic (exact) mass is 153 g/mol. The summed E-state index contributed by atoms with van der Waals surface area (Å²) >= 11 is 0. The molecule has 0 aliphatic heterocycles. The van der Waals surface area contributed by atoms with Crippen molar-refractivity contribution in [1.29, 1.82) is 0 Å². The predicted molar refractivity (Wildman–Crippen MR) is 44.5 cm³/mol. The van der Waals surface area contributed by atoms with Gasteiger partial charge in [0, 0.05) is 5.56 Å². The van der Waals surface area contributed by atoms with Gasteiger partial charge in [-0.05, 0) is 19.8 Å². The summed E-state index contributed by atoms with van der Waals surface area (Å²) in [7, 11) is 0. The first kappa shape index (κ1) is 8.31. The smallest absolute Gasteiger partial charge is 0.127 e. The van der Waals surface area contributed by atoms with Crippen molar-refractivity contribution in [3.8, 4) is 0 Å². The van der Waals surface area contributed by atoms with Crippen LogP contribution in [0.2, 0.25) is 0 Å². The number of hydrogen-bond acceptors (Lipinski definition) is 2. The molecule has 0 radical (unpaired) electrons. The molecule has 0 aliphatic carbocycles. The second kappa shape index (κ2) is 4.16. The number of aromatic nitrogens is 1. The molecule has 0 saturated heterocycles. The Balaban J connectivity index is 2.32. The highest BCUT2D eigenvalue weighted by Crippen LogP contribution is 2.09. The molecule has 0 spiro atoms. The van der Waals surface area contributed by atoms with Crippen molar-refractivity contribution in [2.75, 3.05) is 0 Å². The zero-order chi connectivity index (χ0) is 8.10. The van der Waals surface area contributed by atoms with Gasteiger partial charge in [-0.25, -0.2) is 0 Å². The van der Waals surface area contributed by atoms with E-state index in [-0.39, 0.29) is 0 Å². The predicted octanol–water partition coefficient (Wildman–Crippen LogP) is 2.72. The summed E-state index contributed by atoms with van der Waals surface area (Å²) in [5.41, 5.74) is 2.31. The van der Waals surface area contributed by atoms with E-state index in [2.05, 4.69) is 12.1 Å². The molecule has 0 fully saturated rings. The van der Waals surface area contributed by atoms with E-state index in [0.717, 1.165) is 12.1 Å². The van der Waals surface area contributed by atoms with Crippen LogP contribution in [-0.2, 0) is 6.42 Å². The summed E-state index contributed by atoms with van der Waals surface area (Å²) in [6.07, 6.45) is 6.68. The highest BCUT2D eigenvalue weighted by molar-refractivity contribution is 5.12. The van der Waals surface area contributed by atoms with Gasteiger partial charge in [-0.2, -0.15) is 0 Å². The minimum atomic E-state index is 1.04. The fourth-order valence-electron chi connectivity index (χ4n) is 1.12. The fourth-order valence-corrected chi connectivity index (χ4v) is 1.12. The van der Waals surface area contributed by atoms with Gasteiger partial charge in [0.15, 0.2) is 0 Å². The molecule has 1 rings (SSSR count). The molecule has 0 aliphatic rings. The van der Waals surface area contributed by atoms with Gasteiger partial charge in [-0.15, -0.1) is 0 Å². The molecule has 2 heteroatoms. The van der Waals surface area contributed by atoms with Crippen LogP contribution in [0.25, 0.3) is 0 Å². The maximum absolute atomic E-state index is 4.83. The van der Waals surface area contributed by atoms with E-state index in [0.29, 0.717) is 0 Å². The largest absolute Gasteiger partial charge is 0.364 e. The van der Waals surface area contributed by atoms with Crippen molar-refractivity contribution >= 4 is 0 Å². The third-order valence-corrected chi connectivity index (χ3v) is 1.90. The van der Waals surface area contributed by atoms with E-state index >= 15 is 0 Å². The Hall–Kier alpha value is -0.790. The highest BCUT2D eigenvalue weighted by Gasteiger charge is 2.00. The first-order valence-electron chi connectivity index (χ1n) is 4.24. The van der Waals surface area contributed by atoms with Crippen molar-refractivity contribution in [3.63, 3.8) is 0 Å². The summed E-state index contributed by atoms with van der Waals surface area (Å²) in [6.45, 7) is 4.20. The molecular formula is C9H15NO. The first-order chi connectivity index (χ1) is 5.34. The minimum absolute atomic E-state index is 1.04. The molecule has 0 aromatic carbocycles. The highest BCUT2D eigenvalue weighted by atomic mass is 16.5. The number of unbranched alkanes of at least 4 members (excludes halogenated alkanes) is 2. The second-order valence-corrected chi connectivity index (χ2v) is 2.88. The number of nitrogens with zero attached hydrogens (tertiary/aromatic N) is 1. The summed E-state index contributed by atoms with van der Waals surface area (Å²) in [4.78, 5) is 0. The van der Waals surface area contributed by atoms with E-state index in [1.54, 1.807) is 6.26 Å². The Morgan fingerprint density at radius 2 is 2.27 bits per heavy atom. The Morgan fingerprint density at radius 1 is 1.45 bits per heavy atom. The average molecular weight is 153 g/mol. The van der Waals surface area contributed by atoms with Crippen LogP contribution in [0.3, 0.4) is 0 Å². The van der Waals surface area contributed by atoms with Crippen molar-refractivity contribution in [2.45, 2.75) is 39.5 Å². The van der Waals surface area contributed by atoms with Crippen molar-refractivity contribution < 1.29 is 4.52 Å². The molecule has 0 N–H and O–H groups in total. The first-order valence-corrected chi connectivity index (χ1v) is 4.24. The molecular weight excluding hydrogens is 138 g/mol. The van der Waals surface area contributed by atoms with Gasteiger partial charge in [-0.1, -0.05) is 24.9 Å². The van der Waals surface area contributed by atoms with Crippen LogP contribution in [0.1, 0.15) is 37.4 Å². The number of hydrogen-bond donors (Lipinski definition) is 0. The van der Waals surface area contributed by atoms with Gasteiger partial charge in [0.2, 0.25) is 0 Å². The molecule has 0 saturated carbocycles. The maximum Gasteiger partial charge on any atom is 0.127 e.